The Morgan fingerprint density at radius 2 is 1.34 bits per heavy atom. The van der Waals surface area contributed by atoms with Gasteiger partial charge in [-0.2, -0.15) is 0 Å². The number of nitrogens with zero attached hydrogens (tertiary/aromatic N) is 3. The number of likely N-dealkylation sites (tertiary alicyclic amines) is 2. The molecule has 3 aromatic carbocycles. The first-order valence-corrected chi connectivity index (χ1v) is 18.3. The fraction of sp³-hybridized carbons (Fsp3) is 0.474. The first-order chi connectivity index (χ1) is 21.5. The van der Waals surface area contributed by atoms with E-state index in [1.807, 2.05) is 18.2 Å². The van der Waals surface area contributed by atoms with Crippen molar-refractivity contribution in [2.45, 2.75) is 53.7 Å². The van der Waals surface area contributed by atoms with Crippen LogP contribution in [0.5, 0.6) is 0 Å². The highest BCUT2D eigenvalue weighted by Gasteiger charge is 2.48. The molecule has 2 atom stereocenters. The summed E-state index contributed by atoms with van der Waals surface area (Å²) in [4.78, 5) is 8.59. The third kappa shape index (κ3) is 5.89. The normalized spacial score (nSPS) is 23.5. The summed E-state index contributed by atoms with van der Waals surface area (Å²) >= 11 is 0. The van der Waals surface area contributed by atoms with E-state index in [1.165, 1.54) is 71.2 Å². The summed E-state index contributed by atoms with van der Waals surface area (Å²) in [6.45, 7) is 9.36. The molecule has 3 fully saturated rings. The van der Waals surface area contributed by atoms with E-state index in [4.69, 9.17) is 0 Å². The van der Waals surface area contributed by atoms with Crippen LogP contribution in [0.15, 0.2) is 107 Å². The van der Waals surface area contributed by atoms with Crippen molar-refractivity contribution in [3.05, 3.63) is 103 Å². The molecular weight excluding hydrogens is 563 g/mol. The van der Waals surface area contributed by atoms with Gasteiger partial charge in [0.15, 0.2) is 0 Å². The fourth-order valence-electron chi connectivity index (χ4n) is 8.67. The number of piperidine rings is 1. The van der Waals surface area contributed by atoms with E-state index >= 15 is 0 Å². The van der Waals surface area contributed by atoms with Crippen molar-refractivity contribution < 1.29 is 8.42 Å². The second kappa shape index (κ2) is 12.8. The lowest BCUT2D eigenvalue weighted by Gasteiger charge is -2.51. The van der Waals surface area contributed by atoms with Gasteiger partial charge < -0.3 is 14.7 Å². The van der Waals surface area contributed by atoms with E-state index < -0.39 is 9.84 Å². The monoisotopic (exact) mass is 609 g/mol. The highest BCUT2D eigenvalue weighted by atomic mass is 32.2. The second-order valence-corrected chi connectivity index (χ2v) is 15.6. The number of hydrogen-bond donors (Lipinski definition) is 0. The molecule has 232 valence electrons. The van der Waals surface area contributed by atoms with Crippen LogP contribution >= 0.6 is 0 Å². The van der Waals surface area contributed by atoms with Crippen LogP contribution < -0.4 is 4.90 Å². The van der Waals surface area contributed by atoms with Gasteiger partial charge in [-0.25, -0.2) is 8.42 Å². The molecule has 0 N–H and O–H groups in total. The van der Waals surface area contributed by atoms with Crippen LogP contribution in [0.4, 0.5) is 5.69 Å². The smallest absolute Gasteiger partial charge is 0.206 e. The third-order valence-electron chi connectivity index (χ3n) is 11.0. The molecular formula is C38H47N3O2S. The van der Waals surface area contributed by atoms with Gasteiger partial charge in [-0.05, 0) is 119 Å². The van der Waals surface area contributed by atoms with Crippen LogP contribution in [0.2, 0.25) is 0 Å². The average molecular weight is 610 g/mol. The lowest BCUT2D eigenvalue weighted by atomic mass is 9.59. The number of anilines is 1. The second-order valence-electron chi connectivity index (χ2n) is 13.7. The van der Waals surface area contributed by atoms with Gasteiger partial charge in [0.25, 0.3) is 0 Å². The van der Waals surface area contributed by atoms with E-state index in [9.17, 15) is 8.42 Å². The molecule has 7 rings (SSSR count). The van der Waals surface area contributed by atoms with E-state index in [-0.39, 0.29) is 5.41 Å². The standard InChI is InChI=1S/C38H47N3O2S/c42-44(43,36-15-5-2-6-16-36)37-19-17-35(18-20-37)41-28-31(29-41)27-39-25-21-34(22-26-39)38(33-13-7-8-14-33,30-40-23-9-10-24-40)32-11-3-1-4-12-32/h1-7,11-13,15-20,31,33-34H,8-10,14,21-30H2. The molecule has 0 spiro atoms. The molecule has 44 heavy (non-hydrogen) atoms. The molecule has 1 aliphatic carbocycles. The highest BCUT2D eigenvalue weighted by molar-refractivity contribution is 7.91. The Morgan fingerprint density at radius 1 is 0.705 bits per heavy atom. The van der Waals surface area contributed by atoms with Gasteiger partial charge in [0.05, 0.1) is 9.79 Å². The molecule has 2 unspecified atom stereocenters. The van der Waals surface area contributed by atoms with Crippen molar-refractivity contribution in [1.29, 1.82) is 0 Å². The predicted molar refractivity (Wildman–Crippen MR) is 179 cm³/mol. The predicted octanol–water partition coefficient (Wildman–Crippen LogP) is 6.67. The van der Waals surface area contributed by atoms with Crippen molar-refractivity contribution in [2.75, 3.05) is 57.3 Å². The molecule has 0 bridgehead atoms. The molecule has 3 saturated heterocycles. The van der Waals surface area contributed by atoms with Gasteiger partial charge in [-0.1, -0.05) is 60.7 Å². The maximum atomic E-state index is 13.0. The summed E-state index contributed by atoms with van der Waals surface area (Å²) in [6.07, 6.45) is 12.8. The van der Waals surface area contributed by atoms with Crippen LogP contribution in [0.3, 0.4) is 0 Å². The Bertz CT molecular complexity index is 1510. The largest absolute Gasteiger partial charge is 0.371 e. The zero-order valence-electron chi connectivity index (χ0n) is 25.9. The maximum absolute atomic E-state index is 13.0. The molecule has 3 heterocycles. The highest BCUT2D eigenvalue weighted by Crippen LogP contribution is 2.49. The van der Waals surface area contributed by atoms with Gasteiger partial charge >= 0.3 is 0 Å². The number of benzene rings is 3. The minimum Gasteiger partial charge on any atom is -0.371 e. The van der Waals surface area contributed by atoms with E-state index in [0.717, 1.165) is 25.3 Å². The van der Waals surface area contributed by atoms with Crippen molar-refractivity contribution in [1.82, 2.24) is 9.80 Å². The van der Waals surface area contributed by atoms with Crippen LogP contribution in [0.1, 0.15) is 44.1 Å². The first-order valence-electron chi connectivity index (χ1n) is 16.8. The summed E-state index contributed by atoms with van der Waals surface area (Å²) in [6, 6.07) is 27.7. The van der Waals surface area contributed by atoms with Crippen LogP contribution in [-0.2, 0) is 15.3 Å². The third-order valence-corrected chi connectivity index (χ3v) is 12.8. The Labute approximate surface area is 264 Å². The summed E-state index contributed by atoms with van der Waals surface area (Å²) in [5.41, 5.74) is 2.89. The van der Waals surface area contributed by atoms with Gasteiger partial charge in [-0.3, -0.25) is 0 Å². The number of sulfone groups is 1. The van der Waals surface area contributed by atoms with Crippen LogP contribution in [0, 0.1) is 17.8 Å². The zero-order chi connectivity index (χ0) is 30.0. The molecule has 0 saturated carbocycles. The van der Waals surface area contributed by atoms with Crippen molar-refractivity contribution in [3.8, 4) is 0 Å². The van der Waals surface area contributed by atoms with Gasteiger partial charge in [0, 0.05) is 43.2 Å². The first kappa shape index (κ1) is 29.8. The van der Waals surface area contributed by atoms with E-state index in [0.29, 0.717) is 27.5 Å². The lowest BCUT2D eigenvalue weighted by molar-refractivity contribution is 0.0637. The van der Waals surface area contributed by atoms with Crippen LogP contribution in [-0.4, -0.2) is 70.6 Å². The minimum absolute atomic E-state index is 0.206. The molecule has 0 aromatic heterocycles. The SMILES string of the molecule is O=S(=O)(c1ccccc1)c1ccc(N2CC(CN3CCC(C(CN4CCCC4)(c4ccccc4)C4C=CCC4)CC3)C2)cc1. The Hall–Kier alpha value is -2.93. The van der Waals surface area contributed by atoms with Crippen molar-refractivity contribution in [3.63, 3.8) is 0 Å². The fourth-order valence-corrected chi connectivity index (χ4v) is 9.96. The van der Waals surface area contributed by atoms with E-state index in [2.05, 4.69) is 57.2 Å². The van der Waals surface area contributed by atoms with Gasteiger partial charge in [0.2, 0.25) is 9.84 Å². The average Bonchev–Trinajstić information content (AvgIpc) is 3.78. The summed E-state index contributed by atoms with van der Waals surface area (Å²) < 4.78 is 25.9. The van der Waals surface area contributed by atoms with Crippen molar-refractivity contribution in [2.24, 2.45) is 17.8 Å². The maximum Gasteiger partial charge on any atom is 0.206 e. The summed E-state index contributed by atoms with van der Waals surface area (Å²) in [5.74, 6) is 2.01. The molecule has 4 aliphatic rings. The molecule has 0 amide bonds. The van der Waals surface area contributed by atoms with E-state index in [1.54, 1.807) is 42.0 Å². The summed E-state index contributed by atoms with van der Waals surface area (Å²) in [5, 5.41) is 0. The zero-order valence-corrected chi connectivity index (χ0v) is 26.8. The van der Waals surface area contributed by atoms with Crippen LogP contribution in [0.25, 0.3) is 0 Å². The Kier molecular flexibility index (Phi) is 8.67. The van der Waals surface area contributed by atoms with Gasteiger partial charge in [0.1, 0.15) is 0 Å². The minimum atomic E-state index is -3.48. The number of rotatable bonds is 10. The number of allylic oxidation sites excluding steroid dienone is 2. The lowest BCUT2D eigenvalue weighted by Crippen LogP contribution is -2.55. The molecule has 3 aromatic rings. The number of hydrogen-bond acceptors (Lipinski definition) is 5. The molecule has 0 radical (unpaired) electrons. The summed E-state index contributed by atoms with van der Waals surface area (Å²) in [7, 11) is -3.48. The van der Waals surface area contributed by atoms with Gasteiger partial charge in [-0.15, -0.1) is 0 Å². The Morgan fingerprint density at radius 3 is 1.98 bits per heavy atom. The quantitative estimate of drug-likeness (QED) is 0.240. The topological polar surface area (TPSA) is 43.9 Å². The Balaban J connectivity index is 0.972. The van der Waals surface area contributed by atoms with Crippen molar-refractivity contribution >= 4 is 15.5 Å². The molecule has 3 aliphatic heterocycles. The molecule has 5 nitrogen and oxygen atoms in total. The molecule has 6 heteroatoms.